The fourth-order valence-corrected chi connectivity index (χ4v) is 1.93. The highest BCUT2D eigenvalue weighted by atomic mass is 79.9. The van der Waals surface area contributed by atoms with Crippen molar-refractivity contribution in [2.75, 3.05) is 5.73 Å². The SMILES string of the molecule is CCCc1nc(N)nc(-c2cccc(Br)c2)n1. The number of nitrogen functional groups attached to an aromatic ring is 1. The standard InChI is InChI=1S/C12H13BrN4/c1-2-4-10-15-11(17-12(14)16-10)8-5-3-6-9(13)7-8/h3,5-7H,2,4H2,1H3,(H2,14,15,16,17). The fraction of sp³-hybridized carbons (Fsp3) is 0.250. The molecule has 0 aliphatic carbocycles. The third-order valence-corrected chi connectivity index (χ3v) is 2.75. The van der Waals surface area contributed by atoms with Crippen molar-refractivity contribution in [3.63, 3.8) is 0 Å². The Morgan fingerprint density at radius 3 is 2.76 bits per heavy atom. The summed E-state index contributed by atoms with van der Waals surface area (Å²) in [6.07, 6.45) is 1.80. The minimum Gasteiger partial charge on any atom is -0.368 e. The minimum atomic E-state index is 0.276. The van der Waals surface area contributed by atoms with Crippen molar-refractivity contribution in [2.45, 2.75) is 19.8 Å². The number of nitrogens with two attached hydrogens (primary N) is 1. The second kappa shape index (κ2) is 5.23. The molecule has 1 aromatic heterocycles. The zero-order valence-electron chi connectivity index (χ0n) is 9.52. The molecule has 0 atom stereocenters. The van der Waals surface area contributed by atoms with Gasteiger partial charge in [0.25, 0.3) is 0 Å². The number of hydrogen-bond donors (Lipinski definition) is 1. The lowest BCUT2D eigenvalue weighted by atomic mass is 10.2. The van der Waals surface area contributed by atoms with Crippen LogP contribution in [0.2, 0.25) is 0 Å². The molecule has 4 nitrogen and oxygen atoms in total. The molecule has 0 radical (unpaired) electrons. The van der Waals surface area contributed by atoms with E-state index in [1.165, 1.54) is 0 Å². The van der Waals surface area contributed by atoms with E-state index in [1.54, 1.807) is 0 Å². The topological polar surface area (TPSA) is 64.7 Å². The molecule has 2 aromatic rings. The van der Waals surface area contributed by atoms with Gasteiger partial charge in [-0.15, -0.1) is 0 Å². The van der Waals surface area contributed by atoms with Gasteiger partial charge in [-0.3, -0.25) is 0 Å². The lowest BCUT2D eigenvalue weighted by Crippen LogP contribution is -2.04. The Labute approximate surface area is 108 Å². The first-order valence-electron chi connectivity index (χ1n) is 5.45. The van der Waals surface area contributed by atoms with Gasteiger partial charge in [0.15, 0.2) is 5.82 Å². The van der Waals surface area contributed by atoms with Crippen LogP contribution in [-0.4, -0.2) is 15.0 Å². The molecule has 0 aliphatic rings. The molecule has 1 heterocycles. The number of aryl methyl sites for hydroxylation is 1. The fourth-order valence-electron chi connectivity index (χ4n) is 1.53. The maximum atomic E-state index is 5.69. The molecule has 0 saturated carbocycles. The van der Waals surface area contributed by atoms with Crippen molar-refractivity contribution < 1.29 is 0 Å². The van der Waals surface area contributed by atoms with E-state index in [2.05, 4.69) is 37.8 Å². The van der Waals surface area contributed by atoms with E-state index in [0.717, 1.165) is 28.7 Å². The molecule has 0 spiro atoms. The highest BCUT2D eigenvalue weighted by Crippen LogP contribution is 2.20. The minimum absolute atomic E-state index is 0.276. The van der Waals surface area contributed by atoms with Gasteiger partial charge in [-0.1, -0.05) is 35.0 Å². The maximum Gasteiger partial charge on any atom is 0.223 e. The average Bonchev–Trinajstić information content (AvgIpc) is 2.28. The van der Waals surface area contributed by atoms with E-state index in [9.17, 15) is 0 Å². The molecule has 1 aromatic carbocycles. The van der Waals surface area contributed by atoms with Gasteiger partial charge in [-0.05, 0) is 18.6 Å². The smallest absolute Gasteiger partial charge is 0.223 e. The average molecular weight is 293 g/mol. The van der Waals surface area contributed by atoms with Gasteiger partial charge in [0.1, 0.15) is 5.82 Å². The van der Waals surface area contributed by atoms with Crippen LogP contribution < -0.4 is 5.73 Å². The first kappa shape index (κ1) is 12.0. The zero-order chi connectivity index (χ0) is 12.3. The van der Waals surface area contributed by atoms with E-state index < -0.39 is 0 Å². The highest BCUT2D eigenvalue weighted by Gasteiger charge is 2.06. The molecule has 2 rings (SSSR count). The molecule has 88 valence electrons. The zero-order valence-corrected chi connectivity index (χ0v) is 11.1. The first-order chi connectivity index (χ1) is 8.19. The van der Waals surface area contributed by atoms with Crippen molar-refractivity contribution in [3.8, 4) is 11.4 Å². The number of hydrogen-bond acceptors (Lipinski definition) is 4. The Hall–Kier alpha value is -1.49. The predicted octanol–water partition coefficient (Wildman–Crippen LogP) is 2.84. The number of anilines is 1. The Morgan fingerprint density at radius 1 is 1.24 bits per heavy atom. The van der Waals surface area contributed by atoms with Crippen LogP contribution in [-0.2, 0) is 6.42 Å². The van der Waals surface area contributed by atoms with Crippen LogP contribution in [0.15, 0.2) is 28.7 Å². The molecule has 0 bridgehead atoms. The van der Waals surface area contributed by atoms with E-state index in [1.807, 2.05) is 24.3 Å². The quantitative estimate of drug-likeness (QED) is 0.945. The second-order valence-corrected chi connectivity index (χ2v) is 4.61. The summed E-state index contributed by atoms with van der Waals surface area (Å²) in [5.41, 5.74) is 6.63. The van der Waals surface area contributed by atoms with Crippen LogP contribution in [0.4, 0.5) is 5.95 Å². The van der Waals surface area contributed by atoms with Gasteiger partial charge in [0.2, 0.25) is 5.95 Å². The summed E-state index contributed by atoms with van der Waals surface area (Å²) in [7, 11) is 0. The van der Waals surface area contributed by atoms with Gasteiger partial charge in [-0.25, -0.2) is 4.98 Å². The maximum absolute atomic E-state index is 5.69. The molecular formula is C12H13BrN4. The van der Waals surface area contributed by atoms with E-state index in [4.69, 9.17) is 5.73 Å². The van der Waals surface area contributed by atoms with Crippen LogP contribution in [0, 0.1) is 0 Å². The van der Waals surface area contributed by atoms with E-state index >= 15 is 0 Å². The molecule has 0 aliphatic heterocycles. The summed E-state index contributed by atoms with van der Waals surface area (Å²) in [5, 5.41) is 0. The summed E-state index contributed by atoms with van der Waals surface area (Å²) in [6.45, 7) is 2.08. The van der Waals surface area contributed by atoms with Crippen molar-refractivity contribution >= 4 is 21.9 Å². The van der Waals surface area contributed by atoms with Crippen molar-refractivity contribution in [2.24, 2.45) is 0 Å². The summed E-state index contributed by atoms with van der Waals surface area (Å²) in [4.78, 5) is 12.7. The molecule has 0 unspecified atom stereocenters. The molecule has 0 amide bonds. The van der Waals surface area contributed by atoms with Crippen LogP contribution in [0.25, 0.3) is 11.4 Å². The second-order valence-electron chi connectivity index (χ2n) is 3.69. The summed E-state index contributed by atoms with van der Waals surface area (Å²) in [6, 6.07) is 7.82. The molecular weight excluding hydrogens is 280 g/mol. The lowest BCUT2D eigenvalue weighted by molar-refractivity contribution is 0.825. The molecule has 0 fully saturated rings. The Kier molecular flexibility index (Phi) is 3.68. The summed E-state index contributed by atoms with van der Waals surface area (Å²) < 4.78 is 0.992. The number of rotatable bonds is 3. The van der Waals surface area contributed by atoms with Crippen molar-refractivity contribution in [1.82, 2.24) is 15.0 Å². The lowest BCUT2D eigenvalue weighted by Gasteiger charge is -2.04. The van der Waals surface area contributed by atoms with Crippen LogP contribution in [0.3, 0.4) is 0 Å². The van der Waals surface area contributed by atoms with Crippen LogP contribution in [0.1, 0.15) is 19.2 Å². The number of nitrogens with zero attached hydrogens (tertiary/aromatic N) is 3. The number of aromatic nitrogens is 3. The van der Waals surface area contributed by atoms with Gasteiger partial charge in [-0.2, -0.15) is 9.97 Å². The summed E-state index contributed by atoms with van der Waals surface area (Å²) >= 11 is 3.42. The Morgan fingerprint density at radius 2 is 2.06 bits per heavy atom. The van der Waals surface area contributed by atoms with Gasteiger partial charge >= 0.3 is 0 Å². The Balaban J connectivity index is 2.44. The monoisotopic (exact) mass is 292 g/mol. The van der Waals surface area contributed by atoms with Crippen LogP contribution in [0.5, 0.6) is 0 Å². The molecule has 17 heavy (non-hydrogen) atoms. The number of halogens is 1. The highest BCUT2D eigenvalue weighted by molar-refractivity contribution is 9.10. The van der Waals surface area contributed by atoms with E-state index in [0.29, 0.717) is 5.82 Å². The largest absolute Gasteiger partial charge is 0.368 e. The molecule has 5 heteroatoms. The van der Waals surface area contributed by atoms with Gasteiger partial charge in [0.05, 0.1) is 0 Å². The van der Waals surface area contributed by atoms with Gasteiger partial charge < -0.3 is 5.73 Å². The predicted molar refractivity (Wildman–Crippen MR) is 71.4 cm³/mol. The van der Waals surface area contributed by atoms with Crippen molar-refractivity contribution in [3.05, 3.63) is 34.6 Å². The van der Waals surface area contributed by atoms with Gasteiger partial charge in [0, 0.05) is 16.5 Å². The summed E-state index contributed by atoms with van der Waals surface area (Å²) in [5.74, 6) is 1.65. The van der Waals surface area contributed by atoms with E-state index in [-0.39, 0.29) is 5.95 Å². The van der Waals surface area contributed by atoms with Crippen molar-refractivity contribution in [1.29, 1.82) is 0 Å². The molecule has 2 N–H and O–H groups in total. The normalized spacial score (nSPS) is 10.5. The third-order valence-electron chi connectivity index (χ3n) is 2.26. The molecule has 0 saturated heterocycles. The third kappa shape index (κ3) is 3.00. The Bertz CT molecular complexity index is 528. The van der Waals surface area contributed by atoms with Crippen LogP contribution >= 0.6 is 15.9 Å². The number of benzene rings is 1. The first-order valence-corrected chi connectivity index (χ1v) is 6.24.